The molecule has 1 aromatic heterocycles. The maximum absolute atomic E-state index is 13.1. The summed E-state index contributed by atoms with van der Waals surface area (Å²) in [6.07, 6.45) is 10.6. The molecule has 1 N–H and O–H groups in total. The summed E-state index contributed by atoms with van der Waals surface area (Å²) in [4.78, 5) is 49.8. The molecule has 0 bridgehead atoms. The minimum Gasteiger partial charge on any atom is -0.348 e. The fourth-order valence-corrected chi connectivity index (χ4v) is 4.63. The predicted molar refractivity (Wildman–Crippen MR) is 142 cm³/mol. The summed E-state index contributed by atoms with van der Waals surface area (Å²) in [6, 6.07) is 13.8. The quantitative estimate of drug-likeness (QED) is 0.308. The average molecular weight is 525 g/mol. The third-order valence-electron chi connectivity index (χ3n) is 5.61. The molecular formula is C26H28N4O6S. The minimum absolute atomic E-state index is 0.103. The van der Waals surface area contributed by atoms with Crippen LogP contribution in [0.2, 0.25) is 0 Å². The van der Waals surface area contributed by atoms with Crippen LogP contribution in [0.5, 0.6) is 0 Å². The first-order chi connectivity index (χ1) is 17.7. The van der Waals surface area contributed by atoms with Crippen LogP contribution in [0.15, 0.2) is 54.7 Å². The lowest BCUT2D eigenvalue weighted by Crippen LogP contribution is -2.52. The number of carbonyl (C=O) groups is 4. The van der Waals surface area contributed by atoms with Crippen LogP contribution in [0.25, 0.3) is 10.9 Å². The van der Waals surface area contributed by atoms with E-state index >= 15 is 0 Å². The first-order valence-corrected chi connectivity index (χ1v) is 12.9. The van der Waals surface area contributed by atoms with Gasteiger partial charge in [-0.25, -0.2) is 8.42 Å². The molecule has 2 heterocycles. The number of hydrogen-bond donors (Lipinski definition) is 1. The predicted octanol–water partition coefficient (Wildman–Crippen LogP) is 1.78. The lowest BCUT2D eigenvalue weighted by Gasteiger charge is -2.34. The number of Topliss-reactive ketones (excluding diaryl/α,β-unsaturated/α-hetero) is 1. The van der Waals surface area contributed by atoms with E-state index in [1.54, 1.807) is 59.0 Å². The molecule has 194 valence electrons. The molecule has 0 atom stereocenters. The van der Waals surface area contributed by atoms with Crippen molar-refractivity contribution < 1.29 is 27.6 Å². The van der Waals surface area contributed by atoms with Crippen LogP contribution >= 0.6 is 0 Å². The number of para-hydroxylation sites is 1. The number of anilines is 1. The molecule has 2 amide bonds. The van der Waals surface area contributed by atoms with E-state index in [0.29, 0.717) is 35.2 Å². The molecule has 3 aromatic rings. The number of nitrogens with zero attached hydrogens (tertiary/aromatic N) is 3. The first kappa shape index (κ1) is 28.8. The average Bonchev–Trinajstić information content (AvgIpc) is 3.26. The summed E-state index contributed by atoms with van der Waals surface area (Å²) in [5.74, 6) is -1.41. The molecule has 4 rings (SSSR count). The van der Waals surface area contributed by atoms with Crippen molar-refractivity contribution in [2.24, 2.45) is 7.05 Å². The van der Waals surface area contributed by atoms with Crippen LogP contribution < -0.4 is 4.72 Å². The number of nitrogens with one attached hydrogen (secondary N) is 1. The van der Waals surface area contributed by atoms with Crippen molar-refractivity contribution in [1.29, 1.82) is 0 Å². The summed E-state index contributed by atoms with van der Waals surface area (Å²) in [5, 5.41) is 0.488. The molecule has 37 heavy (non-hydrogen) atoms. The van der Waals surface area contributed by atoms with Crippen molar-refractivity contribution in [3.8, 4) is 12.8 Å². The Bertz CT molecular complexity index is 1400. The smallest absolute Gasteiger partial charge is 0.295 e. The Morgan fingerprint density at radius 1 is 0.892 bits per heavy atom. The van der Waals surface area contributed by atoms with Gasteiger partial charge in [0.15, 0.2) is 0 Å². The van der Waals surface area contributed by atoms with Gasteiger partial charge in [-0.1, -0.05) is 30.3 Å². The summed E-state index contributed by atoms with van der Waals surface area (Å²) >= 11 is 0. The zero-order valence-electron chi connectivity index (χ0n) is 20.6. The highest BCUT2D eigenvalue weighted by atomic mass is 32.2. The van der Waals surface area contributed by atoms with E-state index in [0.717, 1.165) is 6.26 Å². The number of fused-ring (bicyclic) bond motifs is 1. The Balaban J connectivity index is 0.00000115. The Morgan fingerprint density at radius 2 is 1.46 bits per heavy atom. The summed E-state index contributed by atoms with van der Waals surface area (Å²) in [7, 11) is -1.83. The maximum Gasteiger partial charge on any atom is 0.295 e. The summed E-state index contributed by atoms with van der Waals surface area (Å²) in [6.45, 7) is 3.19. The van der Waals surface area contributed by atoms with E-state index in [9.17, 15) is 22.8 Å². The van der Waals surface area contributed by atoms with Gasteiger partial charge in [-0.15, -0.1) is 12.8 Å². The number of aryl methyl sites for hydroxylation is 1. The molecule has 1 aliphatic heterocycles. The fourth-order valence-electron chi connectivity index (χ4n) is 4.07. The zero-order chi connectivity index (χ0) is 27.8. The standard InChI is InChI=1S/C23H24N4O5S.C2H2.CH2O/c1-25-15-18(17-9-6-10-19(20(17)25)24-33(2,31)32)21(28)23(30)27-13-11-26(12-14-27)22(29)16-7-4-3-5-8-16;2*1-2/h3-10,15,24H,11-14H2,1-2H3;1-2H;1H2. The van der Waals surface area contributed by atoms with Gasteiger partial charge in [0.1, 0.15) is 6.79 Å². The van der Waals surface area contributed by atoms with Gasteiger partial charge in [0.05, 0.1) is 23.0 Å². The second kappa shape index (κ2) is 12.5. The molecule has 0 radical (unpaired) electrons. The largest absolute Gasteiger partial charge is 0.348 e. The topological polar surface area (TPSA) is 126 Å². The van der Waals surface area contributed by atoms with Gasteiger partial charge >= 0.3 is 0 Å². The normalized spacial score (nSPS) is 13.0. The highest BCUT2D eigenvalue weighted by molar-refractivity contribution is 7.92. The highest BCUT2D eigenvalue weighted by Crippen LogP contribution is 2.29. The first-order valence-electron chi connectivity index (χ1n) is 11.0. The molecule has 0 saturated carbocycles. The molecule has 1 fully saturated rings. The van der Waals surface area contributed by atoms with E-state index in [1.807, 2.05) is 12.9 Å². The van der Waals surface area contributed by atoms with E-state index < -0.39 is 21.7 Å². The van der Waals surface area contributed by atoms with E-state index in [4.69, 9.17) is 4.79 Å². The monoisotopic (exact) mass is 524 g/mol. The molecule has 0 aliphatic carbocycles. The minimum atomic E-state index is -3.52. The third-order valence-corrected chi connectivity index (χ3v) is 6.20. The van der Waals surface area contributed by atoms with Crippen molar-refractivity contribution in [3.05, 3.63) is 65.9 Å². The van der Waals surface area contributed by atoms with Crippen molar-refractivity contribution in [1.82, 2.24) is 14.4 Å². The van der Waals surface area contributed by atoms with E-state index in [-0.39, 0.29) is 24.6 Å². The van der Waals surface area contributed by atoms with E-state index in [1.165, 1.54) is 11.1 Å². The SMILES string of the molecule is C#C.C=O.Cn1cc(C(=O)C(=O)N2CCN(C(=O)c3ccccc3)CC2)c2cccc(NS(C)(=O)=O)c21. The van der Waals surface area contributed by atoms with Crippen molar-refractivity contribution in [2.75, 3.05) is 37.2 Å². The number of amides is 2. The van der Waals surface area contributed by atoms with Crippen LogP contribution in [-0.2, 0) is 26.7 Å². The van der Waals surface area contributed by atoms with Crippen LogP contribution in [0.1, 0.15) is 20.7 Å². The molecule has 10 nitrogen and oxygen atoms in total. The molecule has 11 heteroatoms. The number of sulfonamides is 1. The van der Waals surface area contributed by atoms with Gasteiger partial charge in [-0.05, 0) is 18.2 Å². The Hall–Kier alpha value is -4.43. The molecular weight excluding hydrogens is 496 g/mol. The third kappa shape index (κ3) is 6.62. The fraction of sp³-hybridized carbons (Fsp3) is 0.231. The summed E-state index contributed by atoms with van der Waals surface area (Å²) < 4.78 is 27.5. The number of benzene rings is 2. The second-order valence-electron chi connectivity index (χ2n) is 8.01. The van der Waals surface area contributed by atoms with Crippen LogP contribution in [0.4, 0.5) is 5.69 Å². The Kier molecular flexibility index (Phi) is 9.74. The molecule has 2 aromatic carbocycles. The lowest BCUT2D eigenvalue weighted by molar-refractivity contribution is -0.127. The zero-order valence-corrected chi connectivity index (χ0v) is 21.4. The number of carbonyl (C=O) groups excluding carboxylic acids is 4. The van der Waals surface area contributed by atoms with Crippen LogP contribution in [0, 0.1) is 12.8 Å². The Labute approximate surface area is 215 Å². The van der Waals surface area contributed by atoms with Crippen molar-refractivity contribution in [3.63, 3.8) is 0 Å². The molecule has 0 spiro atoms. The molecule has 1 saturated heterocycles. The number of hydrogen-bond acceptors (Lipinski definition) is 6. The molecule has 0 unspecified atom stereocenters. The lowest BCUT2D eigenvalue weighted by atomic mass is 10.1. The number of terminal acetylenes is 1. The number of aromatic nitrogens is 1. The number of piperazine rings is 1. The van der Waals surface area contributed by atoms with Crippen molar-refractivity contribution in [2.45, 2.75) is 0 Å². The number of ketones is 1. The van der Waals surface area contributed by atoms with Gasteiger partial charge in [-0.2, -0.15) is 0 Å². The van der Waals surface area contributed by atoms with Gasteiger partial charge < -0.3 is 19.2 Å². The van der Waals surface area contributed by atoms with Crippen LogP contribution in [-0.4, -0.2) is 79.6 Å². The van der Waals surface area contributed by atoms with Gasteiger partial charge in [0.2, 0.25) is 10.0 Å². The van der Waals surface area contributed by atoms with Gasteiger partial charge in [0.25, 0.3) is 17.6 Å². The highest BCUT2D eigenvalue weighted by Gasteiger charge is 2.30. The van der Waals surface area contributed by atoms with Gasteiger partial charge in [0, 0.05) is 50.4 Å². The van der Waals surface area contributed by atoms with Crippen LogP contribution in [0.3, 0.4) is 0 Å². The molecule has 1 aliphatic rings. The van der Waals surface area contributed by atoms with Gasteiger partial charge in [-0.3, -0.25) is 19.1 Å². The maximum atomic E-state index is 13.1. The Morgan fingerprint density at radius 3 is 2.03 bits per heavy atom. The van der Waals surface area contributed by atoms with E-state index in [2.05, 4.69) is 17.6 Å². The van der Waals surface area contributed by atoms with Crippen molar-refractivity contribution >= 4 is 51.0 Å². The second-order valence-corrected chi connectivity index (χ2v) is 9.76. The number of rotatable bonds is 5. The summed E-state index contributed by atoms with van der Waals surface area (Å²) in [5.41, 5.74) is 1.63.